The van der Waals surface area contributed by atoms with Crippen LogP contribution in [0, 0.1) is 17.8 Å². The minimum atomic E-state index is -0.546. The van der Waals surface area contributed by atoms with Gasteiger partial charge in [0, 0.05) is 36.4 Å². The molecule has 0 unspecified atom stereocenters. The lowest BCUT2D eigenvalue weighted by molar-refractivity contribution is -0.150. The number of amides is 1. The van der Waals surface area contributed by atoms with E-state index in [9.17, 15) is 24.0 Å². The van der Waals surface area contributed by atoms with Gasteiger partial charge in [-0.15, -0.1) is 0 Å². The number of guanidine groups is 1. The Kier molecular flexibility index (Phi) is 21.0. The van der Waals surface area contributed by atoms with E-state index in [-0.39, 0.29) is 36.5 Å². The zero-order valence-electron chi connectivity index (χ0n) is 38.1. The Labute approximate surface area is 369 Å². The van der Waals surface area contributed by atoms with Crippen molar-refractivity contribution in [3.05, 3.63) is 118 Å². The van der Waals surface area contributed by atoms with Crippen LogP contribution in [-0.4, -0.2) is 61.0 Å². The quantitative estimate of drug-likeness (QED) is 0.0348. The molecule has 0 fully saturated rings. The molecular weight excluding hydrogens is 781 g/mol. The molecule has 0 bridgehead atoms. The second-order valence-electron chi connectivity index (χ2n) is 17.2. The molecule has 0 saturated carbocycles. The zero-order chi connectivity index (χ0) is 45.8. The summed E-state index contributed by atoms with van der Waals surface area (Å²) in [5.41, 5.74) is 15.8. The first-order chi connectivity index (χ1) is 29.4. The van der Waals surface area contributed by atoms with E-state index < -0.39 is 11.9 Å². The molecule has 11 heteroatoms. The Morgan fingerprint density at radius 2 is 1.32 bits per heavy atom. The summed E-state index contributed by atoms with van der Waals surface area (Å²) >= 11 is 0. The van der Waals surface area contributed by atoms with E-state index in [0.717, 1.165) is 24.2 Å². The SMILES string of the molecule is CC1=C(C/C=C(\C)CCC[C@H](C)CCC[C@H](C)CCCC(C)C)C(=O)c2ccccc2C1=O.CN(C)C(=O)COC(=O)Cc1ccc(OC(=O)c2ccc(N=C(N)N)cc2)cc1. The molecule has 0 aliphatic heterocycles. The van der Waals surface area contributed by atoms with Crippen molar-refractivity contribution in [3.8, 4) is 5.75 Å². The number of ether oxygens (including phenoxy) is 2. The van der Waals surface area contributed by atoms with E-state index >= 15 is 0 Å². The van der Waals surface area contributed by atoms with Gasteiger partial charge in [0.2, 0.25) is 0 Å². The van der Waals surface area contributed by atoms with E-state index in [0.29, 0.717) is 51.3 Å². The summed E-state index contributed by atoms with van der Waals surface area (Å²) in [6.07, 6.45) is 14.4. The van der Waals surface area contributed by atoms with Gasteiger partial charge in [0.1, 0.15) is 5.75 Å². The molecule has 334 valence electrons. The lowest BCUT2D eigenvalue weighted by atomic mass is 9.83. The molecule has 3 aromatic rings. The Hall–Kier alpha value is -5.84. The van der Waals surface area contributed by atoms with Gasteiger partial charge in [-0.25, -0.2) is 9.79 Å². The minimum absolute atomic E-state index is 0.00118. The lowest BCUT2D eigenvalue weighted by Crippen LogP contribution is -2.27. The van der Waals surface area contributed by atoms with Crippen molar-refractivity contribution in [2.24, 2.45) is 34.2 Å². The number of carbonyl (C=O) groups is 5. The van der Waals surface area contributed by atoms with E-state index in [1.54, 1.807) is 81.7 Å². The average Bonchev–Trinajstić information content (AvgIpc) is 3.22. The maximum atomic E-state index is 12.9. The van der Waals surface area contributed by atoms with Crippen molar-refractivity contribution in [1.29, 1.82) is 0 Å². The standard InChI is InChI=1S/C31H46O2.C20H22N4O5/c1-22(2)12-9-13-23(3)14-10-15-24(4)16-11-17-25(5)20-21-27-26(6)30(32)28-18-7-8-19-29(28)31(27)33;1-24(2)17(25)12-28-18(26)11-13-3-9-16(10-4-13)29-19(27)14-5-7-15(8-6-14)23-20(21)22/h7-8,18-20,22-24H,9-17,21H2,1-6H3;3-10H,11-12H2,1-2H3,(H4,21,22,23)/b25-20+;/t23-,24-;/m1./s1. The van der Waals surface area contributed by atoms with Crippen LogP contribution >= 0.6 is 0 Å². The van der Waals surface area contributed by atoms with Crippen molar-refractivity contribution in [3.63, 3.8) is 0 Å². The van der Waals surface area contributed by atoms with Crippen LogP contribution in [0.1, 0.15) is 142 Å². The molecule has 0 saturated heterocycles. The minimum Gasteiger partial charge on any atom is -0.455 e. The van der Waals surface area contributed by atoms with Crippen molar-refractivity contribution in [2.45, 2.75) is 112 Å². The van der Waals surface area contributed by atoms with Gasteiger partial charge >= 0.3 is 11.9 Å². The van der Waals surface area contributed by atoms with Crippen LogP contribution in [-0.2, 0) is 20.7 Å². The summed E-state index contributed by atoms with van der Waals surface area (Å²) in [4.78, 5) is 66.1. The van der Waals surface area contributed by atoms with Gasteiger partial charge in [0.15, 0.2) is 24.1 Å². The van der Waals surface area contributed by atoms with Crippen molar-refractivity contribution < 1.29 is 33.4 Å². The zero-order valence-corrected chi connectivity index (χ0v) is 38.1. The highest BCUT2D eigenvalue weighted by Crippen LogP contribution is 2.29. The molecule has 1 aliphatic rings. The molecule has 3 aromatic carbocycles. The number of carbonyl (C=O) groups excluding carboxylic acids is 5. The molecule has 4 rings (SSSR count). The molecule has 2 atom stereocenters. The second kappa shape index (κ2) is 25.8. The molecule has 1 amide bonds. The third kappa shape index (κ3) is 17.6. The van der Waals surface area contributed by atoms with Crippen LogP contribution in [0.3, 0.4) is 0 Å². The monoisotopic (exact) mass is 849 g/mol. The van der Waals surface area contributed by atoms with Crippen LogP contribution in [0.15, 0.2) is 101 Å². The Bertz CT molecular complexity index is 2060. The number of rotatable bonds is 21. The summed E-state index contributed by atoms with van der Waals surface area (Å²) in [5.74, 6) is 1.36. The second-order valence-corrected chi connectivity index (χ2v) is 17.2. The Balaban J connectivity index is 0.000000333. The molecular formula is C51H68N4O7. The third-order valence-electron chi connectivity index (χ3n) is 11.0. The summed E-state index contributed by atoms with van der Waals surface area (Å²) in [6.45, 7) is 13.1. The van der Waals surface area contributed by atoms with E-state index in [2.05, 4.69) is 45.7 Å². The first-order valence-electron chi connectivity index (χ1n) is 21.8. The number of aliphatic imine (C=N–C) groups is 1. The maximum Gasteiger partial charge on any atom is 0.343 e. The average molecular weight is 849 g/mol. The fraction of sp³-hybridized carbons (Fsp3) is 0.451. The van der Waals surface area contributed by atoms with E-state index in [4.69, 9.17) is 20.9 Å². The highest BCUT2D eigenvalue weighted by atomic mass is 16.5. The van der Waals surface area contributed by atoms with Gasteiger partial charge in [-0.05, 0) is 92.8 Å². The third-order valence-corrected chi connectivity index (χ3v) is 11.0. The summed E-state index contributed by atoms with van der Waals surface area (Å²) in [6, 6.07) is 19.9. The number of hydrogen-bond donors (Lipinski definition) is 2. The van der Waals surface area contributed by atoms with Gasteiger partial charge < -0.3 is 25.8 Å². The van der Waals surface area contributed by atoms with E-state index in [1.165, 1.54) is 61.8 Å². The number of likely N-dealkylation sites (N-methyl/N-ethyl adjacent to an activating group) is 1. The molecule has 0 radical (unpaired) electrons. The molecule has 1 aliphatic carbocycles. The number of allylic oxidation sites excluding steroid dienone is 4. The normalized spacial score (nSPS) is 13.4. The number of esters is 2. The number of ketones is 2. The smallest absolute Gasteiger partial charge is 0.343 e. The maximum absolute atomic E-state index is 12.9. The topological polar surface area (TPSA) is 171 Å². The predicted molar refractivity (Wildman–Crippen MR) is 248 cm³/mol. The lowest BCUT2D eigenvalue weighted by Gasteiger charge is -2.18. The van der Waals surface area contributed by atoms with Crippen LogP contribution in [0.5, 0.6) is 5.75 Å². The van der Waals surface area contributed by atoms with Crippen LogP contribution in [0.4, 0.5) is 5.69 Å². The molecule has 62 heavy (non-hydrogen) atoms. The molecule has 0 aromatic heterocycles. The summed E-state index contributed by atoms with van der Waals surface area (Å²) in [5, 5.41) is 0. The molecule has 0 heterocycles. The summed E-state index contributed by atoms with van der Waals surface area (Å²) in [7, 11) is 3.16. The first kappa shape index (κ1) is 50.5. The van der Waals surface area contributed by atoms with Crippen molar-refractivity contribution in [2.75, 3.05) is 20.7 Å². The van der Waals surface area contributed by atoms with Crippen molar-refractivity contribution in [1.82, 2.24) is 4.90 Å². The molecule has 11 nitrogen and oxygen atoms in total. The highest BCUT2D eigenvalue weighted by molar-refractivity contribution is 6.26. The Morgan fingerprint density at radius 3 is 1.89 bits per heavy atom. The number of Topliss-reactive ketones (excluding diaryl/α,β-unsaturated/α-hetero) is 2. The van der Waals surface area contributed by atoms with Crippen LogP contribution in [0.2, 0.25) is 0 Å². The van der Waals surface area contributed by atoms with Gasteiger partial charge in [0.05, 0.1) is 17.7 Å². The van der Waals surface area contributed by atoms with Gasteiger partial charge in [-0.2, -0.15) is 0 Å². The van der Waals surface area contributed by atoms with Gasteiger partial charge in [-0.3, -0.25) is 19.2 Å². The number of hydrogen-bond acceptors (Lipinski definition) is 8. The summed E-state index contributed by atoms with van der Waals surface area (Å²) < 4.78 is 10.2. The number of nitrogens with two attached hydrogens (primary N) is 2. The van der Waals surface area contributed by atoms with E-state index in [1.807, 2.05) is 12.1 Å². The number of benzene rings is 3. The number of fused-ring (bicyclic) bond motifs is 1. The highest BCUT2D eigenvalue weighted by Gasteiger charge is 2.28. The first-order valence-corrected chi connectivity index (χ1v) is 21.8. The molecule has 0 spiro atoms. The Morgan fingerprint density at radius 1 is 0.758 bits per heavy atom. The number of nitrogens with zero attached hydrogens (tertiary/aromatic N) is 2. The van der Waals surface area contributed by atoms with Crippen LogP contribution in [0.25, 0.3) is 0 Å². The van der Waals surface area contributed by atoms with Gasteiger partial charge in [-0.1, -0.05) is 121 Å². The fourth-order valence-electron chi connectivity index (χ4n) is 7.03. The largest absolute Gasteiger partial charge is 0.455 e. The van der Waals surface area contributed by atoms with Crippen molar-refractivity contribution >= 4 is 41.1 Å². The fourth-order valence-corrected chi connectivity index (χ4v) is 7.03. The van der Waals surface area contributed by atoms with Gasteiger partial charge in [0.25, 0.3) is 5.91 Å². The van der Waals surface area contributed by atoms with Crippen LogP contribution < -0.4 is 16.2 Å². The molecule has 4 N–H and O–H groups in total. The predicted octanol–water partition coefficient (Wildman–Crippen LogP) is 10.1.